The zero-order valence-electron chi connectivity index (χ0n) is 17.1. The summed E-state index contributed by atoms with van der Waals surface area (Å²) >= 11 is 0. The maximum Gasteiger partial charge on any atom is 0.270 e. The van der Waals surface area contributed by atoms with Gasteiger partial charge in [-0.05, 0) is 41.5 Å². The molecule has 0 aromatic heterocycles. The molecule has 2 N–H and O–H groups in total. The molecular formula is C22H21N3O6S. The number of non-ortho nitro benzene ring substituents is 1. The molecule has 32 heavy (non-hydrogen) atoms. The topological polar surface area (TPSA) is 128 Å². The minimum absolute atomic E-state index is 0.224. The first-order valence-corrected chi connectivity index (χ1v) is 11.0. The van der Waals surface area contributed by atoms with Crippen LogP contribution in [-0.2, 0) is 27.9 Å². The third-order valence-electron chi connectivity index (χ3n) is 4.53. The molecule has 0 aliphatic carbocycles. The molecule has 0 aliphatic heterocycles. The van der Waals surface area contributed by atoms with Gasteiger partial charge >= 0.3 is 0 Å². The molecule has 1 amide bonds. The molecule has 0 spiro atoms. The van der Waals surface area contributed by atoms with Crippen molar-refractivity contribution in [2.24, 2.45) is 0 Å². The number of ether oxygens (including phenoxy) is 1. The fourth-order valence-corrected chi connectivity index (χ4v) is 3.97. The van der Waals surface area contributed by atoms with E-state index < -0.39 is 14.9 Å². The van der Waals surface area contributed by atoms with Crippen LogP contribution in [0.1, 0.15) is 21.5 Å². The largest absolute Gasteiger partial charge is 0.380 e. The van der Waals surface area contributed by atoms with E-state index in [0.29, 0.717) is 18.7 Å². The second-order valence-corrected chi connectivity index (χ2v) is 8.55. The zero-order chi connectivity index (χ0) is 23.1. The maximum atomic E-state index is 12.5. The number of nitrogens with zero attached hydrogens (tertiary/aromatic N) is 1. The molecule has 9 nitrogen and oxygen atoms in total. The Morgan fingerprint density at radius 2 is 1.66 bits per heavy atom. The van der Waals surface area contributed by atoms with Gasteiger partial charge in [-0.3, -0.25) is 19.6 Å². The van der Waals surface area contributed by atoms with Gasteiger partial charge in [-0.1, -0.05) is 30.3 Å². The maximum absolute atomic E-state index is 12.5. The van der Waals surface area contributed by atoms with Crippen LogP contribution in [0.4, 0.5) is 11.4 Å². The number of nitro benzene ring substituents is 1. The molecule has 0 bridgehead atoms. The van der Waals surface area contributed by atoms with Crippen molar-refractivity contribution in [3.63, 3.8) is 0 Å². The minimum atomic E-state index is -4.02. The van der Waals surface area contributed by atoms with Crippen molar-refractivity contribution in [1.29, 1.82) is 0 Å². The van der Waals surface area contributed by atoms with Crippen LogP contribution in [0.5, 0.6) is 0 Å². The van der Waals surface area contributed by atoms with Crippen molar-refractivity contribution >= 4 is 27.3 Å². The van der Waals surface area contributed by atoms with Crippen LogP contribution < -0.4 is 10.0 Å². The molecule has 10 heteroatoms. The Labute approximate surface area is 185 Å². The average molecular weight is 455 g/mol. The number of carbonyl (C=O) groups is 1. The highest BCUT2D eigenvalue weighted by Gasteiger charge is 2.18. The van der Waals surface area contributed by atoms with Crippen molar-refractivity contribution in [3.8, 4) is 0 Å². The molecule has 0 saturated heterocycles. The van der Waals surface area contributed by atoms with Gasteiger partial charge in [0.15, 0.2) is 0 Å². The van der Waals surface area contributed by atoms with Gasteiger partial charge in [0.05, 0.1) is 16.4 Å². The lowest BCUT2D eigenvalue weighted by molar-refractivity contribution is -0.385. The van der Waals surface area contributed by atoms with E-state index in [9.17, 15) is 23.3 Å². The van der Waals surface area contributed by atoms with E-state index in [-0.39, 0.29) is 22.2 Å². The second kappa shape index (κ2) is 10.0. The Balaban J connectivity index is 1.62. The summed E-state index contributed by atoms with van der Waals surface area (Å²) in [7, 11) is -2.40. The van der Waals surface area contributed by atoms with Crippen LogP contribution in [-0.4, -0.2) is 26.4 Å². The van der Waals surface area contributed by atoms with Crippen LogP contribution in [0.3, 0.4) is 0 Å². The summed E-state index contributed by atoms with van der Waals surface area (Å²) in [6.07, 6.45) is 0. The standard InChI is InChI=1S/C22H21N3O6S/c1-31-15-17-7-5-16(6-8-17)14-23-22(26)18-9-11-19(12-10-18)24-32(29,30)21-4-2-3-20(13-21)25(27)28/h2-13,24H,14-15H2,1H3,(H,23,26). The van der Waals surface area contributed by atoms with Crippen molar-refractivity contribution in [2.75, 3.05) is 11.8 Å². The number of amides is 1. The number of nitro groups is 1. The summed E-state index contributed by atoms with van der Waals surface area (Å²) in [5.41, 5.74) is 2.22. The summed E-state index contributed by atoms with van der Waals surface area (Å²) in [5, 5.41) is 13.7. The number of sulfonamides is 1. The smallest absolute Gasteiger partial charge is 0.270 e. The third kappa shape index (κ3) is 5.90. The molecule has 0 unspecified atom stereocenters. The molecular weight excluding hydrogens is 434 g/mol. The van der Waals surface area contributed by atoms with Crippen molar-refractivity contribution in [1.82, 2.24) is 5.32 Å². The number of methoxy groups -OCH3 is 1. The Morgan fingerprint density at radius 1 is 1.00 bits per heavy atom. The molecule has 0 aliphatic rings. The van der Waals surface area contributed by atoms with Gasteiger partial charge in [-0.2, -0.15) is 0 Å². The van der Waals surface area contributed by atoms with Crippen molar-refractivity contribution in [2.45, 2.75) is 18.0 Å². The number of nitrogens with one attached hydrogen (secondary N) is 2. The predicted octanol–water partition coefficient (Wildman–Crippen LogP) is 3.47. The second-order valence-electron chi connectivity index (χ2n) is 6.87. The van der Waals surface area contributed by atoms with Gasteiger partial charge in [0.1, 0.15) is 0 Å². The van der Waals surface area contributed by atoms with Crippen molar-refractivity contribution < 1.29 is 22.9 Å². The number of hydrogen-bond acceptors (Lipinski definition) is 6. The Morgan fingerprint density at radius 3 is 2.28 bits per heavy atom. The van der Waals surface area contributed by atoms with Crippen LogP contribution >= 0.6 is 0 Å². The first-order chi connectivity index (χ1) is 15.3. The molecule has 3 aromatic rings. The van der Waals surface area contributed by atoms with Crippen molar-refractivity contribution in [3.05, 3.63) is 99.6 Å². The predicted molar refractivity (Wildman–Crippen MR) is 119 cm³/mol. The molecule has 0 radical (unpaired) electrons. The number of carbonyl (C=O) groups excluding carboxylic acids is 1. The lowest BCUT2D eigenvalue weighted by Gasteiger charge is -2.10. The summed E-state index contributed by atoms with van der Waals surface area (Å²) in [6.45, 7) is 0.858. The normalized spacial score (nSPS) is 11.0. The van der Waals surface area contributed by atoms with E-state index in [4.69, 9.17) is 4.74 Å². The quantitative estimate of drug-likeness (QED) is 0.376. The number of hydrogen-bond donors (Lipinski definition) is 2. The molecule has 0 fully saturated rings. The Kier molecular flexibility index (Phi) is 7.18. The third-order valence-corrected chi connectivity index (χ3v) is 5.90. The number of anilines is 1. The SMILES string of the molecule is COCc1ccc(CNC(=O)c2ccc(NS(=O)(=O)c3cccc([N+](=O)[O-])c3)cc2)cc1. The fraction of sp³-hybridized carbons (Fsp3) is 0.136. The lowest BCUT2D eigenvalue weighted by Crippen LogP contribution is -2.22. The van der Waals surface area contributed by atoms with Crippen LogP contribution in [0.15, 0.2) is 77.7 Å². The molecule has 3 aromatic carbocycles. The molecule has 0 atom stereocenters. The minimum Gasteiger partial charge on any atom is -0.380 e. The monoisotopic (exact) mass is 455 g/mol. The number of rotatable bonds is 9. The van der Waals surface area contributed by atoms with E-state index in [0.717, 1.165) is 17.2 Å². The molecule has 0 saturated carbocycles. The van der Waals surface area contributed by atoms with E-state index in [1.165, 1.54) is 42.5 Å². The summed E-state index contributed by atoms with van der Waals surface area (Å²) in [4.78, 5) is 22.3. The Hall–Kier alpha value is -3.76. The molecule has 0 heterocycles. The lowest BCUT2D eigenvalue weighted by atomic mass is 10.1. The first kappa shape index (κ1) is 22.9. The summed E-state index contributed by atoms with van der Waals surface area (Å²) in [6, 6.07) is 18.3. The van der Waals surface area contributed by atoms with Crippen LogP contribution in [0, 0.1) is 10.1 Å². The van der Waals surface area contributed by atoms with Gasteiger partial charge < -0.3 is 10.1 Å². The molecule has 3 rings (SSSR count). The van der Waals surface area contributed by atoms with Gasteiger partial charge in [0.2, 0.25) is 0 Å². The van der Waals surface area contributed by atoms with Gasteiger partial charge in [-0.15, -0.1) is 0 Å². The van der Waals surface area contributed by atoms with Gasteiger partial charge in [0, 0.05) is 37.0 Å². The zero-order valence-corrected chi connectivity index (χ0v) is 18.0. The average Bonchev–Trinajstić information content (AvgIpc) is 2.79. The van der Waals surface area contributed by atoms with Gasteiger partial charge in [0.25, 0.3) is 21.6 Å². The highest BCUT2D eigenvalue weighted by molar-refractivity contribution is 7.92. The number of benzene rings is 3. The van der Waals surface area contributed by atoms with Crippen LogP contribution in [0.2, 0.25) is 0 Å². The molecule has 166 valence electrons. The van der Waals surface area contributed by atoms with E-state index in [1.807, 2.05) is 24.3 Å². The van der Waals surface area contributed by atoms with E-state index in [2.05, 4.69) is 10.0 Å². The van der Waals surface area contributed by atoms with E-state index >= 15 is 0 Å². The van der Waals surface area contributed by atoms with Gasteiger partial charge in [-0.25, -0.2) is 8.42 Å². The first-order valence-electron chi connectivity index (χ1n) is 9.51. The highest BCUT2D eigenvalue weighted by Crippen LogP contribution is 2.21. The van der Waals surface area contributed by atoms with E-state index in [1.54, 1.807) is 7.11 Å². The fourth-order valence-electron chi connectivity index (χ4n) is 2.87. The summed E-state index contributed by atoms with van der Waals surface area (Å²) in [5.74, 6) is -0.306. The van der Waals surface area contributed by atoms with Crippen LogP contribution in [0.25, 0.3) is 0 Å². The summed E-state index contributed by atoms with van der Waals surface area (Å²) < 4.78 is 32.4. The highest BCUT2D eigenvalue weighted by atomic mass is 32.2. The Bertz CT molecular complexity index is 1210.